The predicted octanol–water partition coefficient (Wildman–Crippen LogP) is 6.10. The van der Waals surface area contributed by atoms with Gasteiger partial charge < -0.3 is 10.2 Å². The lowest BCUT2D eigenvalue weighted by atomic mass is 10.1. The Morgan fingerprint density at radius 2 is 1.62 bits per heavy atom. The predicted molar refractivity (Wildman–Crippen MR) is 136 cm³/mol. The number of halogens is 3. The molecule has 6 nitrogen and oxygen atoms in total. The van der Waals surface area contributed by atoms with Crippen molar-refractivity contribution in [2.45, 2.75) is 6.92 Å². The number of imide groups is 1. The average Bonchev–Trinajstić information content (AvgIpc) is 3.05. The van der Waals surface area contributed by atoms with Crippen LogP contribution < -0.4 is 15.1 Å². The van der Waals surface area contributed by atoms with Crippen LogP contribution in [0.2, 0.25) is 10.0 Å². The average molecular weight is 515 g/mol. The molecule has 0 fully saturated rings. The maximum atomic E-state index is 13.2. The van der Waals surface area contributed by atoms with Crippen molar-refractivity contribution in [2.75, 3.05) is 21.7 Å². The Kier molecular flexibility index (Phi) is 6.93. The molecule has 0 aromatic heterocycles. The highest BCUT2D eigenvalue weighted by molar-refractivity contribution is 6.53. The van der Waals surface area contributed by atoms with Crippen LogP contribution in [0, 0.1) is 0 Å². The Bertz CT molecular complexity index is 1330. The van der Waals surface area contributed by atoms with Gasteiger partial charge in [-0.25, -0.2) is 4.90 Å². The van der Waals surface area contributed by atoms with Gasteiger partial charge in [0.25, 0.3) is 17.7 Å². The van der Waals surface area contributed by atoms with Gasteiger partial charge in [0.2, 0.25) is 0 Å². The lowest BCUT2D eigenvalue weighted by Crippen LogP contribution is -2.32. The van der Waals surface area contributed by atoms with Crippen LogP contribution in [-0.2, 0) is 9.59 Å². The van der Waals surface area contributed by atoms with E-state index in [1.807, 2.05) is 37.3 Å². The number of carbonyl (C=O) groups excluding carboxylic acids is 3. The molecule has 0 radical (unpaired) electrons. The maximum Gasteiger partial charge on any atom is 0.283 e. The van der Waals surface area contributed by atoms with Crippen molar-refractivity contribution in [2.24, 2.45) is 0 Å². The lowest BCUT2D eigenvalue weighted by Gasteiger charge is -2.21. The summed E-state index contributed by atoms with van der Waals surface area (Å²) in [6.45, 7) is 2.36. The number of nitrogens with zero attached hydrogens (tertiary/aromatic N) is 2. The quantitative estimate of drug-likeness (QED) is 0.404. The molecular weight excluding hydrogens is 497 g/mol. The fraction of sp³-hybridized carbons (Fsp3) is 0.0800. The van der Waals surface area contributed by atoms with E-state index in [2.05, 4.69) is 5.32 Å². The molecule has 0 spiro atoms. The van der Waals surface area contributed by atoms with Crippen molar-refractivity contribution >= 4 is 69.6 Å². The van der Waals surface area contributed by atoms with E-state index in [1.165, 1.54) is 18.2 Å². The van der Waals surface area contributed by atoms with Crippen molar-refractivity contribution in [1.82, 2.24) is 0 Å². The van der Waals surface area contributed by atoms with Gasteiger partial charge in [0.05, 0.1) is 15.7 Å². The molecule has 0 aliphatic carbocycles. The first-order valence-corrected chi connectivity index (χ1v) is 11.4. The van der Waals surface area contributed by atoms with Gasteiger partial charge in [-0.05, 0) is 55.5 Å². The minimum Gasteiger partial charge on any atom is -0.350 e. The van der Waals surface area contributed by atoms with E-state index in [0.717, 1.165) is 10.6 Å². The Hall–Kier alpha value is -3.32. The number of rotatable bonds is 6. The molecule has 0 atom stereocenters. The van der Waals surface area contributed by atoms with Crippen LogP contribution in [0.4, 0.5) is 17.1 Å². The molecule has 1 N–H and O–H groups in total. The van der Waals surface area contributed by atoms with E-state index >= 15 is 0 Å². The molecule has 4 rings (SSSR count). The number of benzene rings is 3. The monoisotopic (exact) mass is 513 g/mol. The lowest BCUT2D eigenvalue weighted by molar-refractivity contribution is -0.120. The minimum absolute atomic E-state index is 0.0993. The van der Waals surface area contributed by atoms with Gasteiger partial charge in [0.15, 0.2) is 0 Å². The fourth-order valence-corrected chi connectivity index (χ4v) is 4.06. The Morgan fingerprint density at radius 3 is 2.29 bits per heavy atom. The number of para-hydroxylation sites is 1. The number of hydrogen-bond acceptors (Lipinski definition) is 4. The van der Waals surface area contributed by atoms with Crippen molar-refractivity contribution in [3.8, 4) is 0 Å². The molecule has 3 aromatic rings. The summed E-state index contributed by atoms with van der Waals surface area (Å²) in [4.78, 5) is 41.5. The van der Waals surface area contributed by atoms with Crippen LogP contribution in [0.1, 0.15) is 17.3 Å². The molecule has 9 heteroatoms. The fourth-order valence-electron chi connectivity index (χ4n) is 3.55. The van der Waals surface area contributed by atoms with Crippen LogP contribution >= 0.6 is 34.8 Å². The largest absolute Gasteiger partial charge is 0.350 e. The smallest absolute Gasteiger partial charge is 0.283 e. The summed E-state index contributed by atoms with van der Waals surface area (Å²) in [5, 5.41) is 3.11. The zero-order chi connectivity index (χ0) is 24.4. The van der Waals surface area contributed by atoms with E-state index in [4.69, 9.17) is 34.8 Å². The van der Waals surface area contributed by atoms with Crippen molar-refractivity contribution < 1.29 is 14.4 Å². The third kappa shape index (κ3) is 4.53. The van der Waals surface area contributed by atoms with Crippen LogP contribution in [0.15, 0.2) is 83.5 Å². The molecule has 0 unspecified atom stereocenters. The van der Waals surface area contributed by atoms with Crippen molar-refractivity contribution in [1.29, 1.82) is 0 Å². The number of nitrogens with one attached hydrogen (secondary N) is 1. The summed E-state index contributed by atoms with van der Waals surface area (Å²) < 4.78 is 0. The second kappa shape index (κ2) is 9.89. The number of amides is 3. The Morgan fingerprint density at radius 1 is 0.882 bits per heavy atom. The minimum atomic E-state index is -0.693. The Labute approximate surface area is 211 Å². The highest BCUT2D eigenvalue weighted by Crippen LogP contribution is 2.33. The summed E-state index contributed by atoms with van der Waals surface area (Å²) in [5.74, 6) is -1.55. The van der Waals surface area contributed by atoms with E-state index in [0.29, 0.717) is 22.8 Å². The molecule has 1 aliphatic heterocycles. The second-order valence-corrected chi connectivity index (χ2v) is 8.52. The zero-order valence-corrected chi connectivity index (χ0v) is 20.2. The highest BCUT2D eigenvalue weighted by atomic mass is 35.5. The van der Waals surface area contributed by atoms with Crippen molar-refractivity contribution in [3.63, 3.8) is 0 Å². The molecular formula is C25H18Cl3N3O3. The first-order valence-electron chi connectivity index (χ1n) is 10.3. The van der Waals surface area contributed by atoms with Crippen LogP contribution in [-0.4, -0.2) is 24.3 Å². The summed E-state index contributed by atoms with van der Waals surface area (Å²) in [6.07, 6.45) is 0. The molecule has 3 amide bonds. The molecule has 0 bridgehead atoms. The highest BCUT2D eigenvalue weighted by Gasteiger charge is 2.39. The van der Waals surface area contributed by atoms with E-state index in [-0.39, 0.29) is 27.3 Å². The van der Waals surface area contributed by atoms with Gasteiger partial charge >= 0.3 is 0 Å². The first-order chi connectivity index (χ1) is 16.3. The number of hydrogen-bond donors (Lipinski definition) is 1. The van der Waals surface area contributed by atoms with Gasteiger partial charge in [0, 0.05) is 23.5 Å². The normalized spacial score (nSPS) is 13.5. The van der Waals surface area contributed by atoms with Gasteiger partial charge in [-0.1, -0.05) is 59.1 Å². The summed E-state index contributed by atoms with van der Waals surface area (Å²) in [7, 11) is 0. The molecule has 0 saturated carbocycles. The molecule has 3 aromatic carbocycles. The number of anilines is 3. The third-order valence-electron chi connectivity index (χ3n) is 5.20. The van der Waals surface area contributed by atoms with Crippen LogP contribution in [0.5, 0.6) is 0 Å². The zero-order valence-electron chi connectivity index (χ0n) is 17.9. The molecule has 1 aliphatic rings. The van der Waals surface area contributed by atoms with Crippen LogP contribution in [0.3, 0.4) is 0 Å². The summed E-state index contributed by atoms with van der Waals surface area (Å²) in [6, 6.07) is 20.3. The van der Waals surface area contributed by atoms with Crippen molar-refractivity contribution in [3.05, 3.63) is 99.1 Å². The maximum absolute atomic E-state index is 13.2. The first kappa shape index (κ1) is 23.8. The molecule has 34 heavy (non-hydrogen) atoms. The second-order valence-electron chi connectivity index (χ2n) is 7.32. The number of carbonyl (C=O) groups is 3. The van der Waals surface area contributed by atoms with E-state index in [9.17, 15) is 14.4 Å². The van der Waals surface area contributed by atoms with E-state index in [1.54, 1.807) is 29.2 Å². The summed E-state index contributed by atoms with van der Waals surface area (Å²) >= 11 is 18.2. The standard InChI is InChI=1S/C25H18Cl3N3O3/c1-2-30(17-9-4-3-5-10-17)23(32)15-7-6-8-16(13-15)29-22-21(28)24(33)31(25(22)34)18-11-12-19(26)20(27)14-18/h3-14,29H,2H2,1H3. The molecule has 172 valence electrons. The van der Waals surface area contributed by atoms with Gasteiger partial charge in [-0.2, -0.15) is 0 Å². The van der Waals surface area contributed by atoms with E-state index < -0.39 is 11.8 Å². The van der Waals surface area contributed by atoms with Gasteiger partial charge in [0.1, 0.15) is 10.7 Å². The SMILES string of the molecule is CCN(C(=O)c1cccc(NC2=C(Cl)C(=O)N(c3ccc(Cl)c(Cl)c3)C2=O)c1)c1ccccc1. The molecule has 1 heterocycles. The Balaban J connectivity index is 1.59. The molecule has 0 saturated heterocycles. The van der Waals surface area contributed by atoms with Crippen LogP contribution in [0.25, 0.3) is 0 Å². The van der Waals surface area contributed by atoms with Gasteiger partial charge in [-0.3, -0.25) is 14.4 Å². The summed E-state index contributed by atoms with van der Waals surface area (Å²) in [5.41, 5.74) is 1.75. The third-order valence-corrected chi connectivity index (χ3v) is 6.29. The van der Waals surface area contributed by atoms with Gasteiger partial charge in [-0.15, -0.1) is 0 Å². The topological polar surface area (TPSA) is 69.7 Å².